The number of rotatable bonds is 6. The van der Waals surface area contributed by atoms with Crippen molar-refractivity contribution in [2.75, 3.05) is 44.6 Å². The number of amides is 4. The highest BCUT2D eigenvalue weighted by molar-refractivity contribution is 6.34. The van der Waals surface area contributed by atoms with Gasteiger partial charge in [-0.15, -0.1) is 0 Å². The topological polar surface area (TPSA) is 161 Å². The lowest BCUT2D eigenvalue weighted by Gasteiger charge is -2.38. The summed E-state index contributed by atoms with van der Waals surface area (Å²) in [6.07, 6.45) is -0.602. The summed E-state index contributed by atoms with van der Waals surface area (Å²) in [4.78, 5) is 68.6. The molecule has 0 unspecified atom stereocenters. The average Bonchev–Trinajstić information content (AvgIpc) is 3.75. The molecule has 1 N–H and O–H groups in total. The molecule has 4 aromatic rings. The third-order valence-electron chi connectivity index (χ3n) is 9.09. The Labute approximate surface area is 317 Å². The first-order chi connectivity index (χ1) is 25.9. The normalized spacial score (nSPS) is 15.6. The number of imidazole rings is 1. The van der Waals surface area contributed by atoms with Gasteiger partial charge in [0, 0.05) is 64.1 Å². The summed E-state index contributed by atoms with van der Waals surface area (Å²) < 4.78 is 62.6. The van der Waals surface area contributed by atoms with Gasteiger partial charge in [0.05, 0.1) is 40.4 Å². The Balaban J connectivity index is 1.06. The minimum Gasteiger partial charge on any atom is -0.444 e. The van der Waals surface area contributed by atoms with E-state index in [0.29, 0.717) is 39.0 Å². The smallest absolute Gasteiger partial charge is 0.435 e. The fourth-order valence-electron chi connectivity index (χ4n) is 6.31. The Morgan fingerprint density at radius 3 is 2.13 bits per heavy atom. The molecule has 0 spiro atoms. The third-order valence-corrected chi connectivity index (χ3v) is 9.41. The van der Waals surface area contributed by atoms with Crippen LogP contribution in [-0.2, 0) is 22.8 Å². The molecule has 292 valence electrons. The van der Waals surface area contributed by atoms with Gasteiger partial charge in [-0.2, -0.15) is 18.3 Å². The van der Waals surface area contributed by atoms with Gasteiger partial charge in [-0.25, -0.2) is 28.8 Å². The van der Waals surface area contributed by atoms with E-state index in [0.717, 1.165) is 34.0 Å². The van der Waals surface area contributed by atoms with E-state index in [1.807, 2.05) is 0 Å². The summed E-state index contributed by atoms with van der Waals surface area (Å²) in [5, 5.41) is 6.20. The number of nitrogens with zero attached hydrogens (tertiary/aromatic N) is 9. The van der Waals surface area contributed by atoms with Crippen molar-refractivity contribution in [3.05, 3.63) is 70.9 Å². The molecule has 2 saturated heterocycles. The third kappa shape index (κ3) is 8.71. The molecule has 3 aromatic heterocycles. The molecule has 20 heteroatoms. The van der Waals surface area contributed by atoms with Crippen LogP contribution in [0.4, 0.5) is 28.0 Å². The fraction of sp³-hybridized carbons (Fsp3) is 0.429. The number of aromatic nitrogens is 6. The maximum atomic E-state index is 14.0. The summed E-state index contributed by atoms with van der Waals surface area (Å²) in [5.41, 5.74) is -2.06. The first kappa shape index (κ1) is 39.1. The number of carbonyl (C=O) groups excluding carboxylic acids is 4. The monoisotopic (exact) mass is 788 g/mol. The molecule has 1 aromatic carbocycles. The highest BCUT2D eigenvalue weighted by atomic mass is 35.5. The van der Waals surface area contributed by atoms with Gasteiger partial charge in [0.1, 0.15) is 5.60 Å². The van der Waals surface area contributed by atoms with Crippen molar-refractivity contribution in [1.29, 1.82) is 0 Å². The van der Waals surface area contributed by atoms with Gasteiger partial charge in [0.15, 0.2) is 17.3 Å². The van der Waals surface area contributed by atoms with Crippen molar-refractivity contribution in [1.82, 2.24) is 44.0 Å². The highest BCUT2D eigenvalue weighted by Crippen LogP contribution is 2.37. The second-order valence-corrected chi connectivity index (χ2v) is 14.5. The van der Waals surface area contributed by atoms with Crippen LogP contribution in [0.5, 0.6) is 0 Å². The number of benzene rings is 1. The molecule has 4 amide bonds. The van der Waals surface area contributed by atoms with Gasteiger partial charge >= 0.3 is 12.3 Å². The number of piperazine rings is 1. The summed E-state index contributed by atoms with van der Waals surface area (Å²) in [6, 6.07) is 4.27. The number of piperidine rings is 1. The number of nitrogens with one attached hydrogen (secondary N) is 1. The van der Waals surface area contributed by atoms with E-state index in [4.69, 9.17) is 16.3 Å². The molecule has 2 fully saturated rings. The number of anilines is 1. The summed E-state index contributed by atoms with van der Waals surface area (Å²) in [5.74, 6) is -2.71. The van der Waals surface area contributed by atoms with Crippen molar-refractivity contribution < 1.29 is 41.5 Å². The average molecular weight is 789 g/mol. The minimum atomic E-state index is -4.90. The lowest BCUT2D eigenvalue weighted by atomic mass is 9.95. The molecule has 0 radical (unpaired) electrons. The number of hydrogen-bond acceptors (Lipinski definition) is 9. The van der Waals surface area contributed by atoms with Crippen LogP contribution in [0.25, 0.3) is 17.2 Å². The largest absolute Gasteiger partial charge is 0.444 e. The second-order valence-electron chi connectivity index (χ2n) is 14.1. The summed E-state index contributed by atoms with van der Waals surface area (Å²) in [7, 11) is 1.35. The van der Waals surface area contributed by atoms with Crippen molar-refractivity contribution in [2.24, 2.45) is 13.0 Å². The lowest BCUT2D eigenvalue weighted by molar-refractivity contribution is -0.141. The van der Waals surface area contributed by atoms with E-state index in [1.165, 1.54) is 25.2 Å². The van der Waals surface area contributed by atoms with E-state index < -0.39 is 40.9 Å². The number of halogens is 5. The number of hydrogen-bond donors (Lipinski definition) is 1. The van der Waals surface area contributed by atoms with Crippen molar-refractivity contribution >= 4 is 41.1 Å². The van der Waals surface area contributed by atoms with Crippen LogP contribution in [-0.4, -0.2) is 113 Å². The molecule has 2 aliphatic rings. The molecule has 6 rings (SSSR count). The Morgan fingerprint density at radius 2 is 1.53 bits per heavy atom. The van der Waals surface area contributed by atoms with Crippen LogP contribution in [0.1, 0.15) is 60.3 Å². The Hall–Kier alpha value is -5.59. The van der Waals surface area contributed by atoms with Crippen LogP contribution in [0.15, 0.2) is 43.0 Å². The SMILES string of the molecule is Cn1c(-c2cn(-c3ncc(F)cn3)nc2C(F)(F)F)cnc1C(=O)Nc1ccc(C(=O)N2CCN(C(=O)C3CCN(C(=O)OC(C)(C)C)CC3)CC2)c(Cl)c1. The van der Waals surface area contributed by atoms with Crippen LogP contribution in [0.3, 0.4) is 0 Å². The van der Waals surface area contributed by atoms with Crippen molar-refractivity contribution in [3.63, 3.8) is 0 Å². The maximum Gasteiger partial charge on any atom is 0.435 e. The summed E-state index contributed by atoms with van der Waals surface area (Å²) >= 11 is 6.49. The molecule has 55 heavy (non-hydrogen) atoms. The van der Waals surface area contributed by atoms with Gasteiger partial charge < -0.3 is 29.3 Å². The highest BCUT2D eigenvalue weighted by Gasteiger charge is 2.39. The molecule has 0 bridgehead atoms. The lowest BCUT2D eigenvalue weighted by Crippen LogP contribution is -2.53. The molecule has 15 nitrogen and oxygen atoms in total. The predicted octanol–water partition coefficient (Wildman–Crippen LogP) is 5.06. The minimum absolute atomic E-state index is 0.00985. The first-order valence-electron chi connectivity index (χ1n) is 17.2. The summed E-state index contributed by atoms with van der Waals surface area (Å²) in [6.45, 7) is 7.48. The predicted molar refractivity (Wildman–Crippen MR) is 189 cm³/mol. The molecule has 0 atom stereocenters. The van der Waals surface area contributed by atoms with Gasteiger partial charge in [-0.3, -0.25) is 14.4 Å². The fourth-order valence-corrected chi connectivity index (χ4v) is 6.58. The Bertz CT molecular complexity index is 2100. The zero-order valence-electron chi connectivity index (χ0n) is 30.2. The van der Waals surface area contributed by atoms with Crippen LogP contribution in [0, 0.1) is 11.7 Å². The van der Waals surface area contributed by atoms with E-state index in [2.05, 4.69) is 25.4 Å². The van der Waals surface area contributed by atoms with E-state index >= 15 is 0 Å². The van der Waals surface area contributed by atoms with E-state index in [-0.39, 0.29) is 64.6 Å². The molecule has 0 aliphatic carbocycles. The quantitative estimate of drug-likeness (QED) is 0.264. The molecule has 5 heterocycles. The standard InChI is InChI=1S/C35H37ClF4N10O5/c1-34(2,3)55-33(54)49-9-7-20(8-10-49)30(52)47-11-13-48(14-12-47)31(53)23-6-5-22(15-25(23)36)44-29(51)28-41-18-26(46(28)4)24-19-50(45-27(24)35(38,39)40)32-42-16-21(37)17-43-32/h5-6,15-20H,7-14H2,1-4H3,(H,44,51). The van der Waals surface area contributed by atoms with Crippen molar-refractivity contribution in [3.8, 4) is 17.2 Å². The number of carbonyl (C=O) groups is 4. The van der Waals surface area contributed by atoms with E-state index in [9.17, 15) is 36.7 Å². The Kier molecular flexibility index (Phi) is 10.9. The van der Waals surface area contributed by atoms with E-state index in [1.54, 1.807) is 35.5 Å². The molecular weight excluding hydrogens is 752 g/mol. The van der Waals surface area contributed by atoms with Gasteiger partial charge in [0.25, 0.3) is 17.8 Å². The molecule has 0 saturated carbocycles. The zero-order valence-corrected chi connectivity index (χ0v) is 31.0. The number of alkyl halides is 3. The molecule has 2 aliphatic heterocycles. The second kappa shape index (κ2) is 15.3. The molecular formula is C35H37ClF4N10O5. The van der Waals surface area contributed by atoms with Crippen molar-refractivity contribution in [2.45, 2.75) is 45.4 Å². The van der Waals surface area contributed by atoms with Gasteiger partial charge in [-0.05, 0) is 51.8 Å². The number of likely N-dealkylation sites (tertiary alicyclic amines) is 1. The first-order valence-corrected chi connectivity index (χ1v) is 17.6. The Morgan fingerprint density at radius 1 is 0.891 bits per heavy atom. The van der Waals surface area contributed by atoms with Gasteiger partial charge in [0.2, 0.25) is 5.91 Å². The number of ether oxygens (including phenoxy) is 1. The zero-order chi connectivity index (χ0) is 39.8. The van der Waals surface area contributed by atoms with Gasteiger partial charge in [-0.1, -0.05) is 11.6 Å². The maximum absolute atomic E-state index is 14.0. The van der Waals surface area contributed by atoms with Crippen LogP contribution < -0.4 is 5.32 Å². The van der Waals surface area contributed by atoms with Crippen LogP contribution in [0.2, 0.25) is 5.02 Å². The van der Waals surface area contributed by atoms with Crippen LogP contribution >= 0.6 is 11.6 Å².